The lowest BCUT2D eigenvalue weighted by atomic mass is 9.99. The Kier molecular flexibility index (Phi) is 3.28. The van der Waals surface area contributed by atoms with Gasteiger partial charge in [0.05, 0.1) is 6.61 Å². The second kappa shape index (κ2) is 4.43. The van der Waals surface area contributed by atoms with Crippen LogP contribution in [0.4, 0.5) is 0 Å². The molecule has 0 spiro atoms. The van der Waals surface area contributed by atoms with Gasteiger partial charge >= 0.3 is 0 Å². The third kappa shape index (κ3) is 2.88. The molecule has 0 saturated heterocycles. The normalized spacial score (nSPS) is 14.8. The molecule has 0 fully saturated rings. The van der Waals surface area contributed by atoms with Gasteiger partial charge in [0, 0.05) is 0 Å². The van der Waals surface area contributed by atoms with Crippen molar-refractivity contribution in [1.82, 2.24) is 0 Å². The molecule has 0 heterocycles. The molecule has 0 radical (unpaired) electrons. The van der Waals surface area contributed by atoms with Gasteiger partial charge in [0.15, 0.2) is 8.32 Å². The summed E-state index contributed by atoms with van der Waals surface area (Å²) in [5.74, 6) is 0. The maximum absolute atomic E-state index is 6.03. The zero-order valence-electron chi connectivity index (χ0n) is 11.6. The van der Waals surface area contributed by atoms with Gasteiger partial charge in [-0.05, 0) is 62.2 Å². The smallest absolute Gasteiger partial charge is 0.184 e. The molecule has 1 aliphatic carbocycles. The number of rotatable bonds is 3. The standard InChI is InChI=1S/C15H22OSi/c1-11-8-14-12(2)6-7-13(15(14)9-11)10-16-17(3,4)5/h6-8H,9-10H2,1-5H3. The Balaban J connectivity index is 2.25. The van der Waals surface area contributed by atoms with Crippen molar-refractivity contribution in [2.75, 3.05) is 0 Å². The van der Waals surface area contributed by atoms with Gasteiger partial charge in [-0.3, -0.25) is 0 Å². The Morgan fingerprint density at radius 2 is 1.88 bits per heavy atom. The SMILES string of the molecule is CC1=Cc2c(C)ccc(CO[Si](C)(C)C)c2C1. The van der Waals surface area contributed by atoms with Crippen LogP contribution in [0.5, 0.6) is 0 Å². The first-order chi connectivity index (χ1) is 7.87. The summed E-state index contributed by atoms with van der Waals surface area (Å²) in [7, 11) is -1.42. The van der Waals surface area contributed by atoms with Crippen LogP contribution in [-0.2, 0) is 17.5 Å². The fraction of sp³-hybridized carbons (Fsp3) is 0.467. The van der Waals surface area contributed by atoms with Gasteiger partial charge in [-0.15, -0.1) is 0 Å². The Bertz CT molecular complexity index is 467. The molecule has 2 rings (SSSR count). The van der Waals surface area contributed by atoms with Gasteiger partial charge in [-0.25, -0.2) is 0 Å². The molecule has 1 aromatic carbocycles. The van der Waals surface area contributed by atoms with E-state index < -0.39 is 8.32 Å². The summed E-state index contributed by atoms with van der Waals surface area (Å²) in [6, 6.07) is 4.46. The van der Waals surface area contributed by atoms with Crippen molar-refractivity contribution in [3.05, 3.63) is 40.0 Å². The van der Waals surface area contributed by atoms with Crippen LogP contribution < -0.4 is 0 Å². The zero-order valence-corrected chi connectivity index (χ0v) is 12.6. The molecule has 1 aromatic rings. The van der Waals surface area contributed by atoms with Crippen LogP contribution in [0.25, 0.3) is 6.08 Å². The highest BCUT2D eigenvalue weighted by molar-refractivity contribution is 6.69. The van der Waals surface area contributed by atoms with Crippen LogP contribution in [0.15, 0.2) is 17.7 Å². The van der Waals surface area contributed by atoms with Crippen molar-refractivity contribution in [1.29, 1.82) is 0 Å². The summed E-state index contributed by atoms with van der Waals surface area (Å²) >= 11 is 0. The zero-order chi connectivity index (χ0) is 12.6. The quantitative estimate of drug-likeness (QED) is 0.722. The first kappa shape index (κ1) is 12.6. The number of hydrogen-bond donors (Lipinski definition) is 0. The van der Waals surface area contributed by atoms with Crippen molar-refractivity contribution in [3.8, 4) is 0 Å². The van der Waals surface area contributed by atoms with Gasteiger partial charge in [0.25, 0.3) is 0 Å². The fourth-order valence-corrected chi connectivity index (χ4v) is 2.83. The summed E-state index contributed by atoms with van der Waals surface area (Å²) in [6.45, 7) is 11.9. The maximum atomic E-state index is 6.03. The lowest BCUT2D eigenvalue weighted by Gasteiger charge is -2.19. The lowest BCUT2D eigenvalue weighted by Crippen LogP contribution is -2.25. The summed E-state index contributed by atoms with van der Waals surface area (Å²) in [4.78, 5) is 0. The Labute approximate surface area is 106 Å². The number of benzene rings is 1. The Morgan fingerprint density at radius 1 is 1.18 bits per heavy atom. The van der Waals surface area contributed by atoms with Crippen LogP contribution in [0.1, 0.15) is 29.2 Å². The van der Waals surface area contributed by atoms with Crippen molar-refractivity contribution in [2.24, 2.45) is 0 Å². The molecule has 1 nitrogen and oxygen atoms in total. The first-order valence-electron chi connectivity index (χ1n) is 6.29. The Morgan fingerprint density at radius 3 is 2.53 bits per heavy atom. The molecule has 1 aliphatic rings. The van der Waals surface area contributed by atoms with E-state index in [2.05, 4.69) is 51.7 Å². The van der Waals surface area contributed by atoms with E-state index in [0.29, 0.717) is 0 Å². The predicted octanol–water partition coefficient (Wildman–Crippen LogP) is 4.31. The van der Waals surface area contributed by atoms with E-state index in [-0.39, 0.29) is 0 Å². The van der Waals surface area contributed by atoms with Crippen LogP contribution >= 0.6 is 0 Å². The molecular weight excluding hydrogens is 224 g/mol. The van der Waals surface area contributed by atoms with Gasteiger partial charge in [0.1, 0.15) is 0 Å². The van der Waals surface area contributed by atoms with E-state index in [1.54, 1.807) is 0 Å². The minimum absolute atomic E-state index is 0.777. The number of allylic oxidation sites excluding steroid dienone is 1. The van der Waals surface area contributed by atoms with Crippen LogP contribution in [0, 0.1) is 6.92 Å². The molecular formula is C15H22OSi. The van der Waals surface area contributed by atoms with E-state index in [9.17, 15) is 0 Å². The van der Waals surface area contributed by atoms with E-state index in [1.807, 2.05) is 0 Å². The van der Waals surface area contributed by atoms with Crippen molar-refractivity contribution in [3.63, 3.8) is 0 Å². The number of hydrogen-bond acceptors (Lipinski definition) is 1. The molecule has 0 bridgehead atoms. The minimum atomic E-state index is -1.42. The van der Waals surface area contributed by atoms with E-state index >= 15 is 0 Å². The predicted molar refractivity (Wildman–Crippen MR) is 76.7 cm³/mol. The van der Waals surface area contributed by atoms with E-state index in [1.165, 1.54) is 27.8 Å². The van der Waals surface area contributed by atoms with E-state index in [4.69, 9.17) is 4.43 Å². The summed E-state index contributed by atoms with van der Waals surface area (Å²) < 4.78 is 6.03. The first-order valence-corrected chi connectivity index (χ1v) is 9.70. The largest absolute Gasteiger partial charge is 0.413 e. The highest BCUT2D eigenvalue weighted by Gasteiger charge is 2.19. The second-order valence-electron chi connectivity index (χ2n) is 6.00. The average Bonchev–Trinajstić information content (AvgIpc) is 2.58. The van der Waals surface area contributed by atoms with Crippen molar-refractivity contribution >= 4 is 14.4 Å². The van der Waals surface area contributed by atoms with Crippen molar-refractivity contribution in [2.45, 2.75) is 46.5 Å². The molecule has 0 unspecified atom stereocenters. The molecule has 0 N–H and O–H groups in total. The average molecular weight is 246 g/mol. The molecule has 0 aliphatic heterocycles. The highest BCUT2D eigenvalue weighted by Crippen LogP contribution is 2.31. The van der Waals surface area contributed by atoms with Crippen molar-refractivity contribution < 1.29 is 4.43 Å². The second-order valence-corrected chi connectivity index (χ2v) is 10.5. The fourth-order valence-electron chi connectivity index (χ4n) is 2.24. The lowest BCUT2D eigenvalue weighted by molar-refractivity contribution is 0.298. The molecule has 0 aromatic heterocycles. The third-order valence-corrected chi connectivity index (χ3v) is 4.19. The summed E-state index contributed by atoms with van der Waals surface area (Å²) in [5, 5.41) is 0. The van der Waals surface area contributed by atoms with Crippen LogP contribution in [0.3, 0.4) is 0 Å². The third-order valence-electron chi connectivity index (χ3n) is 3.18. The van der Waals surface area contributed by atoms with Crippen LogP contribution in [0.2, 0.25) is 19.6 Å². The molecule has 0 amide bonds. The maximum Gasteiger partial charge on any atom is 0.184 e. The van der Waals surface area contributed by atoms with Crippen LogP contribution in [-0.4, -0.2) is 8.32 Å². The van der Waals surface area contributed by atoms with Gasteiger partial charge in [-0.1, -0.05) is 23.8 Å². The molecule has 92 valence electrons. The molecule has 17 heavy (non-hydrogen) atoms. The summed E-state index contributed by atoms with van der Waals surface area (Å²) in [6.07, 6.45) is 3.42. The molecule has 0 atom stereocenters. The Hall–Kier alpha value is -0.863. The highest BCUT2D eigenvalue weighted by atomic mass is 28.4. The van der Waals surface area contributed by atoms with Gasteiger partial charge in [0.2, 0.25) is 0 Å². The van der Waals surface area contributed by atoms with Gasteiger partial charge in [-0.2, -0.15) is 0 Å². The summed E-state index contributed by atoms with van der Waals surface area (Å²) in [5.41, 5.74) is 7.14. The topological polar surface area (TPSA) is 9.23 Å². The molecule has 2 heteroatoms. The minimum Gasteiger partial charge on any atom is -0.413 e. The number of aryl methyl sites for hydroxylation is 1. The van der Waals surface area contributed by atoms with Gasteiger partial charge < -0.3 is 4.43 Å². The number of fused-ring (bicyclic) bond motifs is 1. The van der Waals surface area contributed by atoms with E-state index in [0.717, 1.165) is 13.0 Å². The monoisotopic (exact) mass is 246 g/mol. The molecule has 0 saturated carbocycles.